The largest absolute Gasteiger partial charge is 1.00 e. The maximum atomic E-state index is 8.95. The average Bonchev–Trinajstić information content (AvgIpc) is 1.88. The van der Waals surface area contributed by atoms with Crippen molar-refractivity contribution in [1.82, 2.24) is 0 Å². The van der Waals surface area contributed by atoms with Crippen molar-refractivity contribution in [1.29, 1.82) is 5.39 Å². The van der Waals surface area contributed by atoms with Crippen LogP contribution in [0.3, 0.4) is 0 Å². The van der Waals surface area contributed by atoms with Gasteiger partial charge in [-0.2, -0.15) is 0 Å². The van der Waals surface area contributed by atoms with Crippen LogP contribution >= 0.6 is 11.6 Å². The maximum absolute atomic E-state index is 8.95. The summed E-state index contributed by atoms with van der Waals surface area (Å²) in [4.78, 5) is 2.80. The molecule has 0 amide bonds. The molecule has 0 heterocycles. The van der Waals surface area contributed by atoms with Crippen molar-refractivity contribution >= 4 is 17.3 Å². The van der Waals surface area contributed by atoms with E-state index in [2.05, 4.69) is 4.98 Å². The van der Waals surface area contributed by atoms with Crippen molar-refractivity contribution in [3.05, 3.63) is 28.2 Å². The van der Waals surface area contributed by atoms with E-state index in [1.165, 1.54) is 18.2 Å². The van der Waals surface area contributed by atoms with Gasteiger partial charge in [-0.3, -0.25) is 0 Å². The number of diazo groups is 1. The van der Waals surface area contributed by atoms with E-state index in [0.29, 0.717) is 5.02 Å². The highest BCUT2D eigenvalue weighted by Crippen LogP contribution is 2.28. The quantitative estimate of drug-likeness (QED) is 0.563. The highest BCUT2D eigenvalue weighted by atomic mass is 35.5. The Labute approximate surface area is 74.6 Å². The molecule has 0 bridgehead atoms. The summed E-state index contributed by atoms with van der Waals surface area (Å²) < 4.78 is 0. The van der Waals surface area contributed by atoms with Crippen molar-refractivity contribution in [2.45, 2.75) is 0 Å². The Morgan fingerprint density at radius 3 is 2.55 bits per heavy atom. The first-order valence-corrected chi connectivity index (χ1v) is 2.95. The third kappa shape index (κ3) is 2.26. The molecule has 0 aliphatic rings. The number of hydrogen-bond donors (Lipinski definition) is 1. The van der Waals surface area contributed by atoms with Gasteiger partial charge in [-0.15, -0.1) is 0 Å². The summed E-state index contributed by atoms with van der Waals surface area (Å²) in [7, 11) is 0. The molecule has 0 saturated carbocycles. The zero-order valence-electron chi connectivity index (χ0n) is 5.33. The summed E-state index contributed by atoms with van der Waals surface area (Å²) >= 11 is 5.49. The average molecular weight is 191 g/mol. The fourth-order valence-corrected chi connectivity index (χ4v) is 0.747. The van der Waals surface area contributed by atoms with Gasteiger partial charge in [0.05, 0.1) is 0 Å². The fourth-order valence-electron chi connectivity index (χ4n) is 0.581. The van der Waals surface area contributed by atoms with Gasteiger partial charge in [-0.05, 0) is 6.07 Å². The van der Waals surface area contributed by atoms with E-state index in [0.717, 1.165) is 0 Å². The number of benzene rings is 1. The lowest BCUT2D eigenvalue weighted by Crippen LogP contribution is -3.00. The van der Waals surface area contributed by atoms with Gasteiger partial charge in [0.15, 0.2) is 4.98 Å². The van der Waals surface area contributed by atoms with Crippen molar-refractivity contribution in [3.8, 4) is 5.75 Å². The Hall–Kier alpha value is -0.980. The minimum Gasteiger partial charge on any atom is -1.00 e. The van der Waals surface area contributed by atoms with Crippen molar-refractivity contribution in [2.75, 3.05) is 0 Å². The van der Waals surface area contributed by atoms with Crippen molar-refractivity contribution in [2.24, 2.45) is 0 Å². The Balaban J connectivity index is 0.000001000. The normalized spacial score (nSPS) is 8.00. The van der Waals surface area contributed by atoms with Gasteiger partial charge >= 0.3 is 5.69 Å². The second-order valence-electron chi connectivity index (χ2n) is 1.73. The number of halogens is 2. The van der Waals surface area contributed by atoms with Crippen molar-refractivity contribution < 1.29 is 17.5 Å². The summed E-state index contributed by atoms with van der Waals surface area (Å²) in [6.45, 7) is 0. The lowest BCUT2D eigenvalue weighted by Gasteiger charge is -1.85. The predicted octanol–water partition coefficient (Wildman–Crippen LogP) is -0.466. The molecular weight excluding hydrogens is 187 g/mol. The molecule has 0 saturated heterocycles. The van der Waals surface area contributed by atoms with Gasteiger partial charge in [-0.25, -0.2) is 0 Å². The molecule has 0 atom stereocenters. The summed E-state index contributed by atoms with van der Waals surface area (Å²) in [6.07, 6.45) is 0. The molecule has 11 heavy (non-hydrogen) atoms. The van der Waals surface area contributed by atoms with Crippen LogP contribution in [0.15, 0.2) is 18.2 Å². The number of phenolic OH excluding ortho intramolecular Hbond substituents is 1. The third-order valence-corrected chi connectivity index (χ3v) is 1.28. The first kappa shape index (κ1) is 10.0. The SMILES string of the molecule is N#[N+]c1ccc(Cl)cc1O.[Cl-]. The third-order valence-electron chi connectivity index (χ3n) is 1.05. The molecule has 58 valence electrons. The molecule has 0 fully saturated rings. The molecule has 5 heteroatoms. The number of hydrogen-bond acceptors (Lipinski definition) is 2. The van der Waals surface area contributed by atoms with E-state index in [-0.39, 0.29) is 23.8 Å². The first-order chi connectivity index (χ1) is 4.74. The van der Waals surface area contributed by atoms with Gasteiger partial charge < -0.3 is 17.5 Å². The Bertz CT molecular complexity index is 295. The summed E-state index contributed by atoms with van der Waals surface area (Å²) in [6, 6.07) is 4.24. The molecule has 0 aliphatic heterocycles. The summed E-state index contributed by atoms with van der Waals surface area (Å²) in [5, 5.41) is 17.6. The molecule has 0 aliphatic carbocycles. The van der Waals surface area contributed by atoms with Crippen LogP contribution in [0.25, 0.3) is 4.98 Å². The Morgan fingerprint density at radius 1 is 1.45 bits per heavy atom. The second kappa shape index (κ2) is 4.02. The molecule has 0 radical (unpaired) electrons. The van der Waals surface area contributed by atoms with E-state index in [4.69, 9.17) is 22.1 Å². The highest BCUT2D eigenvalue weighted by molar-refractivity contribution is 6.30. The van der Waals surface area contributed by atoms with Crippen molar-refractivity contribution in [3.63, 3.8) is 0 Å². The van der Waals surface area contributed by atoms with E-state index < -0.39 is 0 Å². The van der Waals surface area contributed by atoms with Crippen LogP contribution in [-0.2, 0) is 0 Å². The lowest BCUT2D eigenvalue weighted by atomic mass is 10.3. The minimum atomic E-state index is -0.130. The second-order valence-corrected chi connectivity index (χ2v) is 2.17. The molecule has 0 aromatic heterocycles. The summed E-state index contributed by atoms with van der Waals surface area (Å²) in [5.74, 6) is -0.130. The smallest absolute Gasteiger partial charge is 0.426 e. The molecule has 1 aromatic rings. The Kier molecular flexibility index (Phi) is 3.66. The van der Waals surface area contributed by atoms with Crippen LogP contribution in [0, 0.1) is 5.39 Å². The van der Waals surface area contributed by atoms with Gasteiger partial charge in [0.25, 0.3) is 0 Å². The van der Waals surface area contributed by atoms with E-state index in [1.807, 2.05) is 0 Å². The minimum absolute atomic E-state index is 0. The maximum Gasteiger partial charge on any atom is 0.426 e. The van der Waals surface area contributed by atoms with Gasteiger partial charge in [0, 0.05) is 17.2 Å². The highest BCUT2D eigenvalue weighted by Gasteiger charge is 2.11. The number of aromatic hydroxyl groups is 1. The number of nitrogens with zero attached hydrogens (tertiary/aromatic N) is 2. The standard InChI is InChI=1S/C6H3ClN2O.ClH/c7-4-1-2-5(9-8)6(10)3-4;/h1-3H;1H. The molecule has 0 unspecified atom stereocenters. The topological polar surface area (TPSA) is 48.4 Å². The van der Waals surface area contributed by atoms with Crippen LogP contribution in [0.2, 0.25) is 5.02 Å². The number of phenols is 1. The van der Waals surface area contributed by atoms with Crippen LogP contribution in [-0.4, -0.2) is 5.11 Å². The molecule has 1 rings (SSSR count). The zero-order chi connectivity index (χ0) is 7.56. The van der Waals surface area contributed by atoms with Crippen LogP contribution in [0.5, 0.6) is 5.75 Å². The summed E-state index contributed by atoms with van der Waals surface area (Å²) in [5.41, 5.74) is 0.115. The molecule has 1 N–H and O–H groups in total. The molecular formula is C6H4Cl2N2O. The monoisotopic (exact) mass is 190 g/mol. The van der Waals surface area contributed by atoms with Crippen LogP contribution < -0.4 is 12.4 Å². The molecule has 1 aromatic carbocycles. The van der Waals surface area contributed by atoms with Gasteiger partial charge in [0.2, 0.25) is 11.1 Å². The predicted molar refractivity (Wildman–Crippen MR) is 37.9 cm³/mol. The molecule has 0 spiro atoms. The van der Waals surface area contributed by atoms with E-state index in [1.54, 1.807) is 0 Å². The van der Waals surface area contributed by atoms with Gasteiger partial charge in [-0.1, -0.05) is 11.6 Å². The van der Waals surface area contributed by atoms with E-state index in [9.17, 15) is 0 Å². The van der Waals surface area contributed by atoms with Gasteiger partial charge in [0.1, 0.15) is 0 Å². The fraction of sp³-hybridized carbons (Fsp3) is 0. The number of rotatable bonds is 0. The van der Waals surface area contributed by atoms with Crippen LogP contribution in [0.4, 0.5) is 5.69 Å². The Morgan fingerprint density at radius 2 is 2.09 bits per heavy atom. The zero-order valence-corrected chi connectivity index (χ0v) is 6.84. The van der Waals surface area contributed by atoms with E-state index >= 15 is 0 Å². The lowest BCUT2D eigenvalue weighted by molar-refractivity contribution is -0.00000317. The first-order valence-electron chi connectivity index (χ1n) is 2.57. The molecule has 3 nitrogen and oxygen atoms in total. The van der Waals surface area contributed by atoms with Crippen LogP contribution in [0.1, 0.15) is 0 Å².